The molecule has 0 atom stereocenters. The third-order valence-corrected chi connectivity index (χ3v) is 7.20. The van der Waals surface area contributed by atoms with Crippen LogP contribution in [0.5, 0.6) is 0 Å². The van der Waals surface area contributed by atoms with Gasteiger partial charge in [0.15, 0.2) is 5.15 Å². The van der Waals surface area contributed by atoms with Gasteiger partial charge in [0.2, 0.25) is 5.82 Å². The van der Waals surface area contributed by atoms with Crippen LogP contribution in [0.15, 0.2) is 72.8 Å². The maximum Gasteiger partial charge on any atom is 0.297 e. The first-order valence-electron chi connectivity index (χ1n) is 13.7. The van der Waals surface area contributed by atoms with Crippen LogP contribution in [0.25, 0.3) is 22.5 Å². The summed E-state index contributed by atoms with van der Waals surface area (Å²) in [5.41, 5.74) is 4.93. The van der Waals surface area contributed by atoms with Crippen molar-refractivity contribution in [3.05, 3.63) is 106 Å². The molecule has 12 nitrogen and oxygen atoms in total. The highest BCUT2D eigenvalue weighted by atomic mass is 35.5. The Morgan fingerprint density at radius 1 is 1.00 bits per heavy atom. The van der Waals surface area contributed by atoms with Crippen LogP contribution in [0.4, 0.5) is 0 Å². The number of carbonyl (C=O) groups is 1. The monoisotopic (exact) mass is 603 g/mol. The summed E-state index contributed by atoms with van der Waals surface area (Å²) in [4.78, 5) is 23.1. The lowest BCUT2D eigenvalue weighted by molar-refractivity contribution is -0.497. The fourth-order valence-corrected chi connectivity index (χ4v) is 4.98. The number of imidazole rings is 1. The molecule has 0 spiro atoms. The molecule has 3 aromatic carbocycles. The van der Waals surface area contributed by atoms with E-state index in [1.54, 1.807) is 24.3 Å². The lowest BCUT2D eigenvalue weighted by atomic mass is 9.98. The number of halogens is 1. The van der Waals surface area contributed by atoms with Gasteiger partial charge in [-0.15, -0.1) is 10.2 Å². The highest BCUT2D eigenvalue weighted by Gasteiger charge is 2.18. The number of rotatable bonds is 12. The standard InChI is InChI=1S/C30H30ClN7O5/c1-2-3-11-27-32-28(31)26(18-39)36(27)17-20-12-14-22(15-13-20)24-9-4-5-10-25(24)29-33-35-37(34-29)30(40)23-8-6-7-21(16-23)19-43-38(41)42/h4-10,12-16,39,41-42H,2-3,11,17-19H2,1H3. The maximum absolute atomic E-state index is 13.1. The highest BCUT2D eigenvalue weighted by molar-refractivity contribution is 6.30. The normalized spacial score (nSPS) is 11.4. The molecule has 0 fully saturated rings. The fraction of sp³-hybridized carbons (Fsp3) is 0.233. The van der Waals surface area contributed by atoms with Crippen LogP contribution in [-0.2, 0) is 31.0 Å². The number of aromatic nitrogens is 6. The molecule has 0 saturated heterocycles. The number of unbranched alkanes of at least 4 members (excludes halogenated alkanes) is 1. The lowest BCUT2D eigenvalue weighted by Crippen LogP contribution is -2.17. The summed E-state index contributed by atoms with van der Waals surface area (Å²) in [5, 5.41) is 39.9. The number of aliphatic hydroxyl groups is 1. The zero-order valence-corrected chi connectivity index (χ0v) is 24.1. The predicted octanol–water partition coefficient (Wildman–Crippen LogP) is 4.94. The second-order valence-electron chi connectivity index (χ2n) is 9.79. The molecule has 0 radical (unpaired) electrons. The Labute approximate surface area is 252 Å². The van der Waals surface area contributed by atoms with E-state index in [1.807, 2.05) is 53.1 Å². The number of carbonyl (C=O) groups excluding carboxylic acids is 1. The van der Waals surface area contributed by atoms with Gasteiger partial charge in [0, 0.05) is 24.1 Å². The maximum atomic E-state index is 13.1. The molecule has 222 valence electrons. The zero-order chi connectivity index (χ0) is 30.3. The smallest absolute Gasteiger partial charge is 0.297 e. The molecule has 0 aliphatic heterocycles. The Bertz CT molecular complexity index is 1700. The van der Waals surface area contributed by atoms with Crippen molar-refractivity contribution in [1.29, 1.82) is 0 Å². The van der Waals surface area contributed by atoms with Crippen LogP contribution >= 0.6 is 11.6 Å². The van der Waals surface area contributed by atoms with Gasteiger partial charge in [0.05, 0.1) is 24.3 Å². The van der Waals surface area contributed by atoms with Crippen molar-refractivity contribution < 1.29 is 25.2 Å². The molecule has 43 heavy (non-hydrogen) atoms. The topological polar surface area (TPSA) is 152 Å². The molecule has 0 saturated carbocycles. The van der Waals surface area contributed by atoms with Gasteiger partial charge in [-0.3, -0.25) is 15.2 Å². The molecule has 0 amide bonds. The van der Waals surface area contributed by atoms with Crippen LogP contribution in [0.2, 0.25) is 5.15 Å². The molecule has 0 aliphatic carbocycles. The summed E-state index contributed by atoms with van der Waals surface area (Å²) >= 11 is 6.31. The zero-order valence-electron chi connectivity index (χ0n) is 23.3. The number of aliphatic hydroxyl groups excluding tert-OH is 1. The summed E-state index contributed by atoms with van der Waals surface area (Å²) in [6, 6.07) is 22.1. The molecule has 5 rings (SSSR count). The average Bonchev–Trinajstić information content (AvgIpc) is 3.63. The lowest BCUT2D eigenvalue weighted by Gasteiger charge is -2.12. The van der Waals surface area contributed by atoms with Gasteiger partial charge in [-0.05, 0) is 46.0 Å². The first-order valence-corrected chi connectivity index (χ1v) is 14.0. The summed E-state index contributed by atoms with van der Waals surface area (Å²) in [6.07, 6.45) is 2.79. The molecule has 2 aromatic heterocycles. The molecule has 5 aromatic rings. The number of tetrazole rings is 1. The summed E-state index contributed by atoms with van der Waals surface area (Å²) in [5.74, 6) is 0.633. The largest absolute Gasteiger partial charge is 0.390 e. The van der Waals surface area contributed by atoms with E-state index in [2.05, 4.69) is 32.2 Å². The number of hydrogen-bond acceptors (Lipinski definition) is 10. The number of benzene rings is 3. The van der Waals surface area contributed by atoms with Gasteiger partial charge in [-0.1, -0.05) is 90.4 Å². The van der Waals surface area contributed by atoms with Gasteiger partial charge in [-0.2, -0.15) is 0 Å². The summed E-state index contributed by atoms with van der Waals surface area (Å²) in [7, 11) is 0. The van der Waals surface area contributed by atoms with E-state index in [9.17, 15) is 9.90 Å². The van der Waals surface area contributed by atoms with Crippen LogP contribution in [0, 0.1) is 0 Å². The van der Waals surface area contributed by atoms with Crippen molar-refractivity contribution in [2.24, 2.45) is 0 Å². The van der Waals surface area contributed by atoms with Gasteiger partial charge in [0.25, 0.3) is 5.91 Å². The SMILES string of the molecule is CCCCc1nc(Cl)c(CO)n1Cc1ccc(-c2ccccc2-c2nnn(C(=O)c3cccc(CON(O)O)c3)n2)cc1. The van der Waals surface area contributed by atoms with E-state index in [0.29, 0.717) is 28.5 Å². The average molecular weight is 604 g/mol. The van der Waals surface area contributed by atoms with Crippen molar-refractivity contribution in [1.82, 2.24) is 35.1 Å². The first kappa shape index (κ1) is 30.2. The number of nitrogens with zero attached hydrogens (tertiary/aromatic N) is 7. The van der Waals surface area contributed by atoms with E-state index >= 15 is 0 Å². The van der Waals surface area contributed by atoms with Gasteiger partial charge in [-0.25, -0.2) is 9.82 Å². The van der Waals surface area contributed by atoms with Crippen LogP contribution < -0.4 is 0 Å². The Balaban J connectivity index is 1.37. The predicted molar refractivity (Wildman–Crippen MR) is 156 cm³/mol. The first-order chi connectivity index (χ1) is 20.9. The van der Waals surface area contributed by atoms with E-state index in [0.717, 1.165) is 46.6 Å². The Kier molecular flexibility index (Phi) is 9.67. The van der Waals surface area contributed by atoms with Crippen molar-refractivity contribution in [3.8, 4) is 22.5 Å². The second-order valence-corrected chi connectivity index (χ2v) is 10.1. The second kappa shape index (κ2) is 13.8. The van der Waals surface area contributed by atoms with Crippen LogP contribution in [-0.4, -0.2) is 56.6 Å². The van der Waals surface area contributed by atoms with Gasteiger partial charge in [0.1, 0.15) is 5.82 Å². The van der Waals surface area contributed by atoms with E-state index in [-0.39, 0.29) is 24.6 Å². The number of hydrogen-bond donors (Lipinski definition) is 3. The minimum atomic E-state index is -0.507. The Morgan fingerprint density at radius 3 is 2.49 bits per heavy atom. The third-order valence-electron chi connectivity index (χ3n) is 6.90. The molecule has 0 aliphatic rings. The van der Waals surface area contributed by atoms with Gasteiger partial charge >= 0.3 is 0 Å². The van der Waals surface area contributed by atoms with E-state index in [4.69, 9.17) is 22.0 Å². The Morgan fingerprint density at radius 2 is 1.77 bits per heavy atom. The highest BCUT2D eigenvalue weighted by Crippen LogP contribution is 2.30. The van der Waals surface area contributed by atoms with Gasteiger partial charge < -0.3 is 9.67 Å². The third kappa shape index (κ3) is 7.03. The minimum absolute atomic E-state index is 0.158. The molecule has 0 bridgehead atoms. The quantitative estimate of drug-likeness (QED) is 0.167. The number of aryl methyl sites for hydroxylation is 1. The molecular weight excluding hydrogens is 574 g/mol. The molecular formula is C30H30ClN7O5. The molecule has 0 unspecified atom stereocenters. The minimum Gasteiger partial charge on any atom is -0.390 e. The summed E-state index contributed by atoms with van der Waals surface area (Å²) < 4.78 is 1.98. The van der Waals surface area contributed by atoms with Crippen molar-refractivity contribution in [2.75, 3.05) is 0 Å². The molecule has 3 N–H and O–H groups in total. The van der Waals surface area contributed by atoms with E-state index in [1.165, 1.54) is 0 Å². The van der Waals surface area contributed by atoms with Crippen LogP contribution in [0.3, 0.4) is 0 Å². The molecule has 2 heterocycles. The fourth-order valence-electron chi connectivity index (χ4n) is 4.72. The van der Waals surface area contributed by atoms with Crippen molar-refractivity contribution in [2.45, 2.75) is 45.9 Å². The van der Waals surface area contributed by atoms with Crippen molar-refractivity contribution in [3.63, 3.8) is 0 Å². The summed E-state index contributed by atoms with van der Waals surface area (Å²) in [6.45, 7) is 2.30. The van der Waals surface area contributed by atoms with Crippen molar-refractivity contribution >= 4 is 17.5 Å². The Hall–Kier alpha value is -4.30. The van der Waals surface area contributed by atoms with E-state index < -0.39 is 11.3 Å². The van der Waals surface area contributed by atoms with Crippen LogP contribution in [0.1, 0.15) is 52.8 Å². The molecule has 13 heteroatoms.